The number of benzene rings is 2. The summed E-state index contributed by atoms with van der Waals surface area (Å²) in [6.07, 6.45) is 0.928. The first kappa shape index (κ1) is 10.2. The van der Waals surface area contributed by atoms with Crippen LogP contribution in [0.15, 0.2) is 42.5 Å². The third-order valence-corrected chi connectivity index (χ3v) is 2.97. The van der Waals surface area contributed by atoms with Crippen molar-refractivity contribution < 1.29 is 9.47 Å². The van der Waals surface area contributed by atoms with Gasteiger partial charge in [0.05, 0.1) is 0 Å². The summed E-state index contributed by atoms with van der Waals surface area (Å²) >= 11 is 0. The molecule has 86 valence electrons. The van der Waals surface area contributed by atoms with E-state index in [1.165, 1.54) is 16.7 Å². The standard InChI is InChI=1S/C15H14O2/c1-11-2-4-12(5-3-11)8-13-6-7-14-15(9-13)17-10-16-14/h2-7,9H,8,10H2,1H3. The number of fused-ring (bicyclic) bond motifs is 1. The molecular formula is C15H14O2. The molecule has 0 bridgehead atoms. The van der Waals surface area contributed by atoms with E-state index in [0.717, 1.165) is 17.9 Å². The largest absolute Gasteiger partial charge is 0.454 e. The van der Waals surface area contributed by atoms with Gasteiger partial charge in [-0.3, -0.25) is 0 Å². The van der Waals surface area contributed by atoms with Crippen molar-refractivity contribution in [1.29, 1.82) is 0 Å². The summed E-state index contributed by atoms with van der Waals surface area (Å²) in [7, 11) is 0. The summed E-state index contributed by atoms with van der Waals surface area (Å²) < 4.78 is 10.7. The molecule has 0 N–H and O–H groups in total. The number of hydrogen-bond donors (Lipinski definition) is 0. The SMILES string of the molecule is Cc1ccc(Cc2ccc3c(c2)OCO3)cc1. The van der Waals surface area contributed by atoms with E-state index < -0.39 is 0 Å². The predicted octanol–water partition coefficient (Wildman–Crippen LogP) is 3.31. The number of rotatable bonds is 2. The molecule has 0 atom stereocenters. The van der Waals surface area contributed by atoms with E-state index >= 15 is 0 Å². The van der Waals surface area contributed by atoms with E-state index in [1.807, 2.05) is 6.07 Å². The minimum absolute atomic E-state index is 0.337. The van der Waals surface area contributed by atoms with Crippen molar-refractivity contribution in [2.24, 2.45) is 0 Å². The molecule has 0 aliphatic carbocycles. The van der Waals surface area contributed by atoms with Crippen LogP contribution in [0.4, 0.5) is 0 Å². The molecule has 2 aromatic carbocycles. The van der Waals surface area contributed by atoms with Crippen LogP contribution in [0, 0.1) is 6.92 Å². The van der Waals surface area contributed by atoms with Crippen LogP contribution in [-0.4, -0.2) is 6.79 Å². The van der Waals surface area contributed by atoms with Crippen molar-refractivity contribution in [3.63, 3.8) is 0 Å². The van der Waals surface area contributed by atoms with Crippen LogP contribution in [0.1, 0.15) is 16.7 Å². The normalized spacial score (nSPS) is 12.8. The van der Waals surface area contributed by atoms with Crippen molar-refractivity contribution in [2.75, 3.05) is 6.79 Å². The Kier molecular flexibility index (Phi) is 2.48. The molecule has 0 unspecified atom stereocenters. The van der Waals surface area contributed by atoms with Crippen molar-refractivity contribution >= 4 is 0 Å². The average molecular weight is 226 g/mol. The van der Waals surface area contributed by atoms with Crippen LogP contribution in [0.3, 0.4) is 0 Å². The maximum atomic E-state index is 5.37. The lowest BCUT2D eigenvalue weighted by atomic mass is 10.0. The number of hydrogen-bond acceptors (Lipinski definition) is 2. The fraction of sp³-hybridized carbons (Fsp3) is 0.200. The Morgan fingerprint density at radius 3 is 2.41 bits per heavy atom. The van der Waals surface area contributed by atoms with Crippen molar-refractivity contribution in [2.45, 2.75) is 13.3 Å². The van der Waals surface area contributed by atoms with Crippen molar-refractivity contribution in [3.05, 3.63) is 59.2 Å². The van der Waals surface area contributed by atoms with Crippen LogP contribution >= 0.6 is 0 Å². The second-order valence-corrected chi connectivity index (χ2v) is 4.35. The lowest BCUT2D eigenvalue weighted by Gasteiger charge is -2.04. The minimum atomic E-state index is 0.337. The maximum absolute atomic E-state index is 5.37. The molecule has 2 aromatic rings. The zero-order chi connectivity index (χ0) is 11.7. The molecule has 0 saturated heterocycles. The van der Waals surface area contributed by atoms with Gasteiger partial charge >= 0.3 is 0 Å². The van der Waals surface area contributed by atoms with Gasteiger partial charge < -0.3 is 9.47 Å². The fourth-order valence-electron chi connectivity index (χ4n) is 1.99. The minimum Gasteiger partial charge on any atom is -0.454 e. The maximum Gasteiger partial charge on any atom is 0.231 e. The molecule has 0 spiro atoms. The molecule has 2 nitrogen and oxygen atoms in total. The van der Waals surface area contributed by atoms with E-state index in [0.29, 0.717) is 6.79 Å². The molecule has 1 aliphatic rings. The van der Waals surface area contributed by atoms with Gasteiger partial charge in [0.1, 0.15) is 0 Å². The van der Waals surface area contributed by atoms with Gasteiger partial charge in [0.15, 0.2) is 11.5 Å². The molecule has 0 radical (unpaired) electrons. The predicted molar refractivity (Wildman–Crippen MR) is 66.6 cm³/mol. The molecule has 0 saturated carbocycles. The summed E-state index contributed by atoms with van der Waals surface area (Å²) in [6, 6.07) is 14.7. The molecular weight excluding hydrogens is 212 g/mol. The molecule has 2 heteroatoms. The van der Waals surface area contributed by atoms with Crippen LogP contribution < -0.4 is 9.47 Å². The topological polar surface area (TPSA) is 18.5 Å². The van der Waals surface area contributed by atoms with Crippen LogP contribution in [0.25, 0.3) is 0 Å². The van der Waals surface area contributed by atoms with Gasteiger partial charge in [-0.15, -0.1) is 0 Å². The van der Waals surface area contributed by atoms with Gasteiger partial charge in [-0.25, -0.2) is 0 Å². The summed E-state index contributed by atoms with van der Waals surface area (Å²) in [5, 5.41) is 0. The zero-order valence-electron chi connectivity index (χ0n) is 9.77. The molecule has 17 heavy (non-hydrogen) atoms. The summed E-state index contributed by atoms with van der Waals surface area (Å²) in [5.41, 5.74) is 3.85. The highest BCUT2D eigenvalue weighted by molar-refractivity contribution is 5.45. The van der Waals surface area contributed by atoms with Crippen LogP contribution in [-0.2, 0) is 6.42 Å². The Hall–Kier alpha value is -1.96. The van der Waals surface area contributed by atoms with Gasteiger partial charge in [-0.05, 0) is 36.6 Å². The molecule has 0 fully saturated rings. The molecule has 1 aliphatic heterocycles. The van der Waals surface area contributed by atoms with E-state index in [9.17, 15) is 0 Å². The average Bonchev–Trinajstić information content (AvgIpc) is 2.79. The van der Waals surface area contributed by atoms with E-state index in [1.54, 1.807) is 0 Å². The lowest BCUT2D eigenvalue weighted by molar-refractivity contribution is 0.174. The highest BCUT2D eigenvalue weighted by atomic mass is 16.7. The Labute approximate surface area is 101 Å². The molecule has 3 rings (SSSR count). The van der Waals surface area contributed by atoms with E-state index in [-0.39, 0.29) is 0 Å². The van der Waals surface area contributed by atoms with Crippen molar-refractivity contribution in [3.8, 4) is 11.5 Å². The monoisotopic (exact) mass is 226 g/mol. The van der Waals surface area contributed by atoms with Crippen molar-refractivity contribution in [1.82, 2.24) is 0 Å². The van der Waals surface area contributed by atoms with Gasteiger partial charge in [-0.2, -0.15) is 0 Å². The van der Waals surface area contributed by atoms with Gasteiger partial charge in [0.2, 0.25) is 6.79 Å². The molecule has 1 heterocycles. The Morgan fingerprint density at radius 2 is 1.59 bits per heavy atom. The third-order valence-electron chi connectivity index (χ3n) is 2.97. The third kappa shape index (κ3) is 2.11. The summed E-state index contributed by atoms with van der Waals surface area (Å²) in [4.78, 5) is 0. The Morgan fingerprint density at radius 1 is 0.882 bits per heavy atom. The summed E-state index contributed by atoms with van der Waals surface area (Å²) in [6.45, 7) is 2.44. The first-order valence-electron chi connectivity index (χ1n) is 5.75. The molecule has 0 aromatic heterocycles. The summed E-state index contributed by atoms with van der Waals surface area (Å²) in [5.74, 6) is 1.70. The van der Waals surface area contributed by atoms with Gasteiger partial charge in [-0.1, -0.05) is 35.9 Å². The Bertz CT molecular complexity index is 529. The van der Waals surface area contributed by atoms with E-state index in [2.05, 4.69) is 43.3 Å². The second kappa shape index (κ2) is 4.13. The molecule has 0 amide bonds. The quantitative estimate of drug-likeness (QED) is 0.782. The Balaban J connectivity index is 1.83. The number of ether oxygens (including phenoxy) is 2. The van der Waals surface area contributed by atoms with Gasteiger partial charge in [0, 0.05) is 0 Å². The zero-order valence-corrected chi connectivity index (χ0v) is 9.77. The highest BCUT2D eigenvalue weighted by Crippen LogP contribution is 2.33. The van der Waals surface area contributed by atoms with Gasteiger partial charge in [0.25, 0.3) is 0 Å². The lowest BCUT2D eigenvalue weighted by Crippen LogP contribution is -1.93. The van der Waals surface area contributed by atoms with Crippen LogP contribution in [0.2, 0.25) is 0 Å². The van der Waals surface area contributed by atoms with Crippen LogP contribution in [0.5, 0.6) is 11.5 Å². The van der Waals surface area contributed by atoms with E-state index in [4.69, 9.17) is 9.47 Å². The highest BCUT2D eigenvalue weighted by Gasteiger charge is 2.12. The first-order valence-corrected chi connectivity index (χ1v) is 5.75. The smallest absolute Gasteiger partial charge is 0.231 e. The fourth-order valence-corrected chi connectivity index (χ4v) is 1.99. The first-order chi connectivity index (χ1) is 8.31. The second-order valence-electron chi connectivity index (χ2n) is 4.35. The number of aryl methyl sites for hydroxylation is 1.